The molecule has 0 aliphatic carbocycles. The first kappa shape index (κ1) is 8.72. The van der Waals surface area contributed by atoms with Crippen molar-refractivity contribution in [2.75, 3.05) is 0 Å². The number of benzene rings is 1. The lowest BCUT2D eigenvalue weighted by Crippen LogP contribution is -1.86. The van der Waals surface area contributed by atoms with Gasteiger partial charge in [0.2, 0.25) is 0 Å². The molecule has 2 heteroatoms. The Morgan fingerprint density at radius 3 is 2.36 bits per heavy atom. The predicted octanol–water partition coefficient (Wildman–Crippen LogP) is 3.67. The van der Waals surface area contributed by atoms with Crippen molar-refractivity contribution < 1.29 is 4.39 Å². The molecular formula is C9H10BrF. The zero-order valence-corrected chi connectivity index (χ0v) is 7.94. The van der Waals surface area contributed by atoms with E-state index in [1.807, 2.05) is 0 Å². The zero-order chi connectivity index (χ0) is 8.27. The van der Waals surface area contributed by atoms with Gasteiger partial charge in [-0.05, 0) is 24.1 Å². The first-order chi connectivity index (χ1) is 5.24. The smallest absolute Gasteiger partial charge is 0.123 e. The van der Waals surface area contributed by atoms with Gasteiger partial charge in [0, 0.05) is 4.83 Å². The Kier molecular flexibility index (Phi) is 3.06. The summed E-state index contributed by atoms with van der Waals surface area (Å²) in [4.78, 5) is 0.350. The van der Waals surface area contributed by atoms with Crippen molar-refractivity contribution >= 4 is 15.9 Å². The number of alkyl halides is 1. The van der Waals surface area contributed by atoms with E-state index in [-0.39, 0.29) is 5.82 Å². The van der Waals surface area contributed by atoms with Crippen LogP contribution in [0.2, 0.25) is 0 Å². The normalized spacial score (nSPS) is 13.0. The zero-order valence-electron chi connectivity index (χ0n) is 6.35. The number of rotatable bonds is 2. The third kappa shape index (κ3) is 2.29. The average molecular weight is 217 g/mol. The summed E-state index contributed by atoms with van der Waals surface area (Å²) in [6, 6.07) is 6.58. The molecule has 0 fully saturated rings. The van der Waals surface area contributed by atoms with Gasteiger partial charge < -0.3 is 0 Å². The molecule has 1 atom stereocenters. The highest BCUT2D eigenvalue weighted by Gasteiger charge is 2.02. The fraction of sp³-hybridized carbons (Fsp3) is 0.333. The summed E-state index contributed by atoms with van der Waals surface area (Å²) in [5.74, 6) is -0.176. The van der Waals surface area contributed by atoms with Crippen LogP contribution in [0.15, 0.2) is 24.3 Å². The van der Waals surface area contributed by atoms with Crippen LogP contribution in [0.3, 0.4) is 0 Å². The molecule has 0 saturated carbocycles. The minimum absolute atomic E-state index is 0.176. The molecular weight excluding hydrogens is 207 g/mol. The Morgan fingerprint density at radius 2 is 1.91 bits per heavy atom. The van der Waals surface area contributed by atoms with Gasteiger partial charge in [-0.3, -0.25) is 0 Å². The average Bonchev–Trinajstić information content (AvgIpc) is 2.05. The van der Waals surface area contributed by atoms with E-state index in [2.05, 4.69) is 22.9 Å². The molecule has 0 spiro atoms. The molecule has 60 valence electrons. The minimum Gasteiger partial charge on any atom is -0.207 e. The lowest BCUT2D eigenvalue weighted by atomic mass is 10.1. The van der Waals surface area contributed by atoms with Crippen LogP contribution in [0.4, 0.5) is 4.39 Å². The predicted molar refractivity (Wildman–Crippen MR) is 48.4 cm³/mol. The molecule has 0 N–H and O–H groups in total. The summed E-state index contributed by atoms with van der Waals surface area (Å²) < 4.78 is 12.4. The molecule has 11 heavy (non-hydrogen) atoms. The first-order valence-electron chi connectivity index (χ1n) is 3.63. The molecule has 1 aromatic carbocycles. The van der Waals surface area contributed by atoms with Crippen LogP contribution in [0.1, 0.15) is 23.7 Å². The fourth-order valence-electron chi connectivity index (χ4n) is 0.907. The highest BCUT2D eigenvalue weighted by Crippen LogP contribution is 2.25. The van der Waals surface area contributed by atoms with Gasteiger partial charge in [-0.15, -0.1) is 0 Å². The van der Waals surface area contributed by atoms with Crippen LogP contribution in [0.5, 0.6) is 0 Å². The molecule has 1 rings (SSSR count). The molecule has 0 nitrogen and oxygen atoms in total. The van der Waals surface area contributed by atoms with Crippen molar-refractivity contribution in [3.63, 3.8) is 0 Å². The van der Waals surface area contributed by atoms with Crippen LogP contribution in [-0.4, -0.2) is 0 Å². The Hall–Kier alpha value is -0.370. The summed E-state index contributed by atoms with van der Waals surface area (Å²) in [5.41, 5.74) is 1.13. The summed E-state index contributed by atoms with van der Waals surface area (Å²) >= 11 is 3.49. The highest BCUT2D eigenvalue weighted by atomic mass is 79.9. The van der Waals surface area contributed by atoms with Crippen molar-refractivity contribution in [2.24, 2.45) is 0 Å². The Morgan fingerprint density at radius 1 is 1.36 bits per heavy atom. The molecule has 0 aliphatic heterocycles. The molecule has 0 aromatic heterocycles. The summed E-state index contributed by atoms with van der Waals surface area (Å²) in [7, 11) is 0. The third-order valence-corrected chi connectivity index (χ3v) is 2.77. The molecule has 1 aromatic rings. The second-order valence-electron chi connectivity index (χ2n) is 2.43. The van der Waals surface area contributed by atoms with Crippen LogP contribution in [0, 0.1) is 5.82 Å². The fourth-order valence-corrected chi connectivity index (χ4v) is 1.21. The van der Waals surface area contributed by atoms with E-state index < -0.39 is 0 Å². The SMILES string of the molecule is CCC(Br)c1ccc(F)cc1. The minimum atomic E-state index is -0.176. The number of hydrogen-bond acceptors (Lipinski definition) is 0. The van der Waals surface area contributed by atoms with Crippen LogP contribution < -0.4 is 0 Å². The van der Waals surface area contributed by atoms with Gasteiger partial charge in [0.1, 0.15) is 5.82 Å². The van der Waals surface area contributed by atoms with Gasteiger partial charge in [0.05, 0.1) is 0 Å². The van der Waals surface area contributed by atoms with Crippen molar-refractivity contribution in [2.45, 2.75) is 18.2 Å². The van der Waals surface area contributed by atoms with Gasteiger partial charge >= 0.3 is 0 Å². The van der Waals surface area contributed by atoms with E-state index in [0.29, 0.717) is 4.83 Å². The maximum absolute atomic E-state index is 12.4. The first-order valence-corrected chi connectivity index (χ1v) is 4.55. The number of hydrogen-bond donors (Lipinski definition) is 0. The van der Waals surface area contributed by atoms with Gasteiger partial charge in [0.25, 0.3) is 0 Å². The standard InChI is InChI=1S/C9H10BrF/c1-2-9(10)7-3-5-8(11)6-4-7/h3-6,9H,2H2,1H3. The van der Waals surface area contributed by atoms with Crippen LogP contribution in [-0.2, 0) is 0 Å². The van der Waals surface area contributed by atoms with Crippen molar-refractivity contribution in [1.29, 1.82) is 0 Å². The Bertz CT molecular complexity index is 218. The largest absolute Gasteiger partial charge is 0.207 e. The van der Waals surface area contributed by atoms with Crippen molar-refractivity contribution in [3.05, 3.63) is 35.6 Å². The second kappa shape index (κ2) is 3.86. The third-order valence-electron chi connectivity index (χ3n) is 1.59. The van der Waals surface area contributed by atoms with E-state index in [1.54, 1.807) is 12.1 Å². The van der Waals surface area contributed by atoms with Gasteiger partial charge in [-0.1, -0.05) is 35.0 Å². The Labute approximate surface area is 74.6 Å². The molecule has 0 heterocycles. The molecule has 0 saturated heterocycles. The quantitative estimate of drug-likeness (QED) is 0.663. The maximum Gasteiger partial charge on any atom is 0.123 e. The summed E-state index contributed by atoms with van der Waals surface area (Å²) in [6.45, 7) is 2.09. The molecule has 0 aliphatic rings. The van der Waals surface area contributed by atoms with E-state index in [4.69, 9.17) is 0 Å². The maximum atomic E-state index is 12.4. The van der Waals surface area contributed by atoms with Crippen molar-refractivity contribution in [3.8, 4) is 0 Å². The van der Waals surface area contributed by atoms with E-state index in [0.717, 1.165) is 12.0 Å². The topological polar surface area (TPSA) is 0 Å². The lowest BCUT2D eigenvalue weighted by Gasteiger charge is -2.05. The van der Waals surface area contributed by atoms with Crippen molar-refractivity contribution in [1.82, 2.24) is 0 Å². The lowest BCUT2D eigenvalue weighted by molar-refractivity contribution is 0.627. The van der Waals surface area contributed by atoms with Gasteiger partial charge in [-0.2, -0.15) is 0 Å². The Balaban J connectivity index is 2.81. The summed E-state index contributed by atoms with van der Waals surface area (Å²) in [5, 5.41) is 0. The monoisotopic (exact) mass is 216 g/mol. The van der Waals surface area contributed by atoms with E-state index in [1.165, 1.54) is 12.1 Å². The molecule has 0 amide bonds. The second-order valence-corrected chi connectivity index (χ2v) is 3.53. The molecule has 0 radical (unpaired) electrons. The van der Waals surface area contributed by atoms with Gasteiger partial charge in [0.15, 0.2) is 0 Å². The molecule has 0 bridgehead atoms. The highest BCUT2D eigenvalue weighted by molar-refractivity contribution is 9.09. The number of halogens is 2. The van der Waals surface area contributed by atoms with Gasteiger partial charge in [-0.25, -0.2) is 4.39 Å². The van der Waals surface area contributed by atoms with E-state index >= 15 is 0 Å². The molecule has 1 unspecified atom stereocenters. The van der Waals surface area contributed by atoms with Crippen LogP contribution in [0.25, 0.3) is 0 Å². The summed E-state index contributed by atoms with van der Waals surface area (Å²) in [6.07, 6.45) is 1.02. The van der Waals surface area contributed by atoms with Crippen LogP contribution >= 0.6 is 15.9 Å². The van der Waals surface area contributed by atoms with E-state index in [9.17, 15) is 4.39 Å².